The van der Waals surface area contributed by atoms with Crippen LogP contribution in [-0.4, -0.2) is 10.5 Å². The van der Waals surface area contributed by atoms with E-state index in [-0.39, 0.29) is 11.2 Å². The third kappa shape index (κ3) is 2.85. The molecule has 0 radical (unpaired) electrons. The highest BCUT2D eigenvalue weighted by atomic mass is 35.5. The molecule has 0 saturated heterocycles. The van der Waals surface area contributed by atoms with E-state index in [1.54, 1.807) is 12.1 Å². The van der Waals surface area contributed by atoms with Crippen LogP contribution in [-0.2, 0) is 0 Å². The van der Waals surface area contributed by atoms with Crippen molar-refractivity contribution >= 4 is 23.0 Å². The zero-order valence-corrected chi connectivity index (χ0v) is 10.3. The van der Waals surface area contributed by atoms with Gasteiger partial charge in [-0.3, -0.25) is 10.1 Å². The number of hydrogen-bond acceptors (Lipinski definition) is 3. The van der Waals surface area contributed by atoms with Crippen LogP contribution in [0.15, 0.2) is 18.2 Å². The number of halogens is 1. The standard InChI is InChI=1S/C11H15ClN2O2/c1-4-11(2,3)13-10-8(12)6-5-7-9(10)14(15)16/h5-7,13H,4H2,1-3H3. The molecule has 4 nitrogen and oxygen atoms in total. The molecular weight excluding hydrogens is 228 g/mol. The smallest absolute Gasteiger partial charge is 0.293 e. The summed E-state index contributed by atoms with van der Waals surface area (Å²) in [5.74, 6) is 0. The van der Waals surface area contributed by atoms with Gasteiger partial charge < -0.3 is 5.32 Å². The largest absolute Gasteiger partial charge is 0.373 e. The van der Waals surface area contributed by atoms with Gasteiger partial charge >= 0.3 is 0 Å². The van der Waals surface area contributed by atoms with Crippen molar-refractivity contribution in [2.24, 2.45) is 0 Å². The topological polar surface area (TPSA) is 55.2 Å². The number of anilines is 1. The summed E-state index contributed by atoms with van der Waals surface area (Å²) in [5, 5.41) is 14.3. The number of rotatable bonds is 4. The molecule has 0 aliphatic rings. The maximum atomic E-state index is 10.9. The molecule has 0 heterocycles. The molecule has 0 fully saturated rings. The first kappa shape index (κ1) is 12.8. The number of hydrogen-bond donors (Lipinski definition) is 1. The van der Waals surface area contributed by atoms with Crippen LogP contribution in [0.3, 0.4) is 0 Å². The van der Waals surface area contributed by atoms with E-state index in [0.717, 1.165) is 6.42 Å². The Hall–Kier alpha value is -1.29. The molecule has 0 aliphatic heterocycles. The Labute approximate surface area is 99.8 Å². The molecular formula is C11H15ClN2O2. The van der Waals surface area contributed by atoms with Gasteiger partial charge in [-0.2, -0.15) is 0 Å². The summed E-state index contributed by atoms with van der Waals surface area (Å²) >= 11 is 5.97. The van der Waals surface area contributed by atoms with Crippen molar-refractivity contribution < 1.29 is 4.92 Å². The Bertz CT molecular complexity index is 405. The summed E-state index contributed by atoms with van der Waals surface area (Å²) in [6.45, 7) is 5.95. The van der Waals surface area contributed by atoms with Gasteiger partial charge in [0.15, 0.2) is 0 Å². The predicted octanol–water partition coefficient (Wildman–Crippen LogP) is 3.85. The second kappa shape index (κ2) is 4.70. The van der Waals surface area contributed by atoms with Crippen LogP contribution in [0.1, 0.15) is 27.2 Å². The summed E-state index contributed by atoms with van der Waals surface area (Å²) in [7, 11) is 0. The summed E-state index contributed by atoms with van der Waals surface area (Å²) in [5.41, 5.74) is 0.172. The van der Waals surface area contributed by atoms with E-state index in [2.05, 4.69) is 5.32 Å². The highest BCUT2D eigenvalue weighted by molar-refractivity contribution is 6.33. The molecule has 1 aromatic rings. The Morgan fingerprint density at radius 3 is 2.62 bits per heavy atom. The van der Waals surface area contributed by atoms with Crippen molar-refractivity contribution in [3.05, 3.63) is 33.3 Å². The molecule has 0 spiro atoms. The van der Waals surface area contributed by atoms with E-state index in [1.165, 1.54) is 6.07 Å². The first-order chi connectivity index (χ1) is 7.37. The van der Waals surface area contributed by atoms with Gasteiger partial charge in [-0.15, -0.1) is 0 Å². The number of benzene rings is 1. The minimum Gasteiger partial charge on any atom is -0.373 e. The fourth-order valence-corrected chi connectivity index (χ4v) is 1.43. The van der Waals surface area contributed by atoms with Crippen molar-refractivity contribution in [2.45, 2.75) is 32.7 Å². The molecule has 88 valence electrons. The van der Waals surface area contributed by atoms with Crippen LogP contribution in [0.25, 0.3) is 0 Å². The molecule has 0 aliphatic carbocycles. The van der Waals surface area contributed by atoms with Gasteiger partial charge in [-0.05, 0) is 26.3 Å². The number of nitro groups is 1. The fourth-order valence-electron chi connectivity index (χ4n) is 1.22. The molecule has 0 atom stereocenters. The number of nitrogens with zero attached hydrogens (tertiary/aromatic N) is 1. The highest BCUT2D eigenvalue weighted by Crippen LogP contribution is 2.34. The minimum absolute atomic E-state index is 0.00836. The van der Waals surface area contributed by atoms with E-state index in [4.69, 9.17) is 11.6 Å². The van der Waals surface area contributed by atoms with E-state index in [1.807, 2.05) is 20.8 Å². The van der Waals surface area contributed by atoms with Crippen LogP contribution in [0.2, 0.25) is 5.02 Å². The SMILES string of the molecule is CCC(C)(C)Nc1c(Cl)cccc1[N+](=O)[O-]. The maximum Gasteiger partial charge on any atom is 0.293 e. The van der Waals surface area contributed by atoms with E-state index in [9.17, 15) is 10.1 Å². The molecule has 1 aromatic carbocycles. The van der Waals surface area contributed by atoms with Gasteiger partial charge in [-0.1, -0.05) is 24.6 Å². The van der Waals surface area contributed by atoms with Crippen molar-refractivity contribution in [1.29, 1.82) is 0 Å². The fraction of sp³-hybridized carbons (Fsp3) is 0.455. The van der Waals surface area contributed by atoms with E-state index < -0.39 is 4.92 Å². The lowest BCUT2D eigenvalue weighted by atomic mass is 10.0. The maximum absolute atomic E-state index is 10.9. The summed E-state index contributed by atoms with van der Waals surface area (Å²) < 4.78 is 0. The number of nitro benzene ring substituents is 1. The number of para-hydroxylation sites is 1. The summed E-state index contributed by atoms with van der Waals surface area (Å²) in [6.07, 6.45) is 0.843. The van der Waals surface area contributed by atoms with Gasteiger partial charge in [-0.25, -0.2) is 0 Å². The van der Waals surface area contributed by atoms with Crippen LogP contribution >= 0.6 is 11.6 Å². The molecule has 0 aromatic heterocycles. The van der Waals surface area contributed by atoms with Crippen LogP contribution < -0.4 is 5.32 Å². The molecule has 1 N–H and O–H groups in total. The zero-order chi connectivity index (χ0) is 12.3. The molecule has 5 heteroatoms. The van der Waals surface area contributed by atoms with E-state index in [0.29, 0.717) is 10.7 Å². The molecule has 16 heavy (non-hydrogen) atoms. The average molecular weight is 243 g/mol. The second-order valence-electron chi connectivity index (χ2n) is 4.25. The van der Waals surface area contributed by atoms with Gasteiger partial charge in [0, 0.05) is 11.6 Å². The number of nitrogens with one attached hydrogen (secondary N) is 1. The summed E-state index contributed by atoms with van der Waals surface area (Å²) in [4.78, 5) is 10.4. The van der Waals surface area contributed by atoms with Gasteiger partial charge in [0.05, 0.1) is 9.95 Å². The molecule has 1 rings (SSSR count). The Morgan fingerprint density at radius 1 is 1.50 bits per heavy atom. The lowest BCUT2D eigenvalue weighted by Gasteiger charge is -2.26. The monoisotopic (exact) mass is 242 g/mol. The Balaban J connectivity index is 3.16. The molecule has 0 unspecified atom stereocenters. The van der Waals surface area contributed by atoms with Crippen molar-refractivity contribution in [3.8, 4) is 0 Å². The Kier molecular flexibility index (Phi) is 3.75. The first-order valence-electron chi connectivity index (χ1n) is 5.08. The van der Waals surface area contributed by atoms with Gasteiger partial charge in [0.1, 0.15) is 5.69 Å². The van der Waals surface area contributed by atoms with Gasteiger partial charge in [0.25, 0.3) is 5.69 Å². The third-order valence-electron chi connectivity index (χ3n) is 2.54. The van der Waals surface area contributed by atoms with Crippen LogP contribution in [0.4, 0.5) is 11.4 Å². The summed E-state index contributed by atoms with van der Waals surface area (Å²) in [6, 6.07) is 4.66. The van der Waals surface area contributed by atoms with Crippen LogP contribution in [0, 0.1) is 10.1 Å². The van der Waals surface area contributed by atoms with Crippen molar-refractivity contribution in [3.63, 3.8) is 0 Å². The van der Waals surface area contributed by atoms with Gasteiger partial charge in [0.2, 0.25) is 0 Å². The Morgan fingerprint density at radius 2 is 2.12 bits per heavy atom. The highest BCUT2D eigenvalue weighted by Gasteiger charge is 2.22. The lowest BCUT2D eigenvalue weighted by molar-refractivity contribution is -0.384. The average Bonchev–Trinajstić information content (AvgIpc) is 2.20. The van der Waals surface area contributed by atoms with Crippen LogP contribution in [0.5, 0.6) is 0 Å². The molecule has 0 amide bonds. The van der Waals surface area contributed by atoms with Crippen molar-refractivity contribution in [2.75, 3.05) is 5.32 Å². The molecule has 0 saturated carbocycles. The second-order valence-corrected chi connectivity index (χ2v) is 4.66. The predicted molar refractivity (Wildman–Crippen MR) is 66.1 cm³/mol. The lowest BCUT2D eigenvalue weighted by Crippen LogP contribution is -2.30. The third-order valence-corrected chi connectivity index (χ3v) is 2.85. The first-order valence-corrected chi connectivity index (χ1v) is 5.46. The van der Waals surface area contributed by atoms with Crippen molar-refractivity contribution in [1.82, 2.24) is 0 Å². The zero-order valence-electron chi connectivity index (χ0n) is 9.58. The minimum atomic E-state index is -0.431. The van der Waals surface area contributed by atoms with E-state index >= 15 is 0 Å². The quantitative estimate of drug-likeness (QED) is 0.645. The normalized spacial score (nSPS) is 11.2. The molecule has 0 bridgehead atoms.